The van der Waals surface area contributed by atoms with E-state index in [-0.39, 0.29) is 11.5 Å². The second-order valence-corrected chi connectivity index (χ2v) is 4.04. The number of hydrogen-bond donors (Lipinski definition) is 3. The lowest BCUT2D eigenvalue weighted by Crippen LogP contribution is -2.00. The van der Waals surface area contributed by atoms with Gasteiger partial charge in [-0.05, 0) is 24.1 Å². The molecule has 2 rings (SSSR count). The summed E-state index contributed by atoms with van der Waals surface area (Å²) in [5.41, 5.74) is 6.76. The van der Waals surface area contributed by atoms with E-state index < -0.39 is 5.97 Å². The first-order valence-electron chi connectivity index (χ1n) is 5.93. The molecule has 0 spiro atoms. The van der Waals surface area contributed by atoms with E-state index in [1.807, 2.05) is 6.92 Å². The van der Waals surface area contributed by atoms with Crippen molar-refractivity contribution in [3.8, 4) is 16.9 Å². The lowest BCUT2D eigenvalue weighted by molar-refractivity contribution is 0.0691. The van der Waals surface area contributed by atoms with Gasteiger partial charge in [0.15, 0.2) is 11.5 Å². The molecule has 0 unspecified atom stereocenters. The summed E-state index contributed by atoms with van der Waals surface area (Å²) in [6.07, 6.45) is 0.930. The second kappa shape index (κ2) is 5.43. The lowest BCUT2D eigenvalue weighted by Gasteiger charge is -2.06. The number of rotatable bonds is 5. The van der Waals surface area contributed by atoms with E-state index in [1.165, 1.54) is 0 Å². The molecule has 19 heavy (non-hydrogen) atoms. The molecular weight excluding hydrogens is 246 g/mol. The first-order chi connectivity index (χ1) is 9.13. The molecule has 0 bridgehead atoms. The van der Waals surface area contributed by atoms with Crippen LogP contribution in [0.3, 0.4) is 0 Å². The van der Waals surface area contributed by atoms with Crippen molar-refractivity contribution in [2.45, 2.75) is 13.3 Å². The molecule has 1 aromatic carbocycles. The molecule has 0 saturated carbocycles. The normalized spacial score (nSPS) is 10.4. The van der Waals surface area contributed by atoms with Gasteiger partial charge < -0.3 is 15.6 Å². The van der Waals surface area contributed by atoms with Crippen molar-refractivity contribution in [2.24, 2.45) is 0 Å². The van der Waals surface area contributed by atoms with E-state index in [4.69, 9.17) is 15.6 Å². The van der Waals surface area contributed by atoms with Gasteiger partial charge in [0.25, 0.3) is 0 Å². The van der Waals surface area contributed by atoms with Crippen LogP contribution in [-0.4, -0.2) is 27.9 Å². The van der Waals surface area contributed by atoms with Gasteiger partial charge in [-0.3, -0.25) is 5.10 Å². The fourth-order valence-corrected chi connectivity index (χ4v) is 1.74. The van der Waals surface area contributed by atoms with Crippen LogP contribution < -0.4 is 10.5 Å². The molecule has 0 radical (unpaired) electrons. The maximum atomic E-state index is 11.1. The Labute approximate surface area is 110 Å². The number of nitrogens with one attached hydrogen (secondary N) is 1. The van der Waals surface area contributed by atoms with Crippen LogP contribution in [0, 0.1) is 0 Å². The summed E-state index contributed by atoms with van der Waals surface area (Å²) in [5.74, 6) is -0.185. The summed E-state index contributed by atoms with van der Waals surface area (Å²) < 4.78 is 5.46. The van der Waals surface area contributed by atoms with Crippen LogP contribution in [0.5, 0.6) is 5.75 Å². The third kappa shape index (κ3) is 2.67. The molecule has 0 amide bonds. The summed E-state index contributed by atoms with van der Waals surface area (Å²) in [6, 6.07) is 7.09. The summed E-state index contributed by atoms with van der Waals surface area (Å²) in [7, 11) is 0. The number of aromatic carboxylic acids is 1. The number of nitrogens with two attached hydrogens (primary N) is 1. The number of carboxylic acids is 1. The molecule has 0 aliphatic carbocycles. The fraction of sp³-hybridized carbons (Fsp3) is 0.231. The first-order valence-corrected chi connectivity index (χ1v) is 5.93. The third-order valence-electron chi connectivity index (χ3n) is 2.62. The highest BCUT2D eigenvalue weighted by molar-refractivity contribution is 5.97. The molecule has 6 heteroatoms. The predicted molar refractivity (Wildman–Crippen MR) is 71.2 cm³/mol. The predicted octanol–water partition coefficient (Wildman–Crippen LogP) is 2.15. The number of benzene rings is 1. The average molecular weight is 261 g/mol. The second-order valence-electron chi connectivity index (χ2n) is 4.04. The number of hydrogen-bond acceptors (Lipinski definition) is 4. The van der Waals surface area contributed by atoms with Crippen molar-refractivity contribution in [1.29, 1.82) is 0 Å². The van der Waals surface area contributed by atoms with Gasteiger partial charge in [-0.25, -0.2) is 4.79 Å². The van der Waals surface area contributed by atoms with Crippen LogP contribution in [0.2, 0.25) is 0 Å². The van der Waals surface area contributed by atoms with Crippen molar-refractivity contribution < 1.29 is 14.6 Å². The van der Waals surface area contributed by atoms with Gasteiger partial charge in [0.2, 0.25) is 0 Å². The molecule has 4 N–H and O–H groups in total. The minimum absolute atomic E-state index is 0.0141. The third-order valence-corrected chi connectivity index (χ3v) is 2.62. The van der Waals surface area contributed by atoms with Crippen LogP contribution in [0.15, 0.2) is 24.3 Å². The van der Waals surface area contributed by atoms with Gasteiger partial charge in [-0.1, -0.05) is 19.1 Å². The van der Waals surface area contributed by atoms with Crippen molar-refractivity contribution >= 4 is 11.8 Å². The van der Waals surface area contributed by atoms with E-state index in [1.54, 1.807) is 24.3 Å². The number of H-pyrrole nitrogens is 1. The Morgan fingerprint density at radius 3 is 2.68 bits per heavy atom. The topological polar surface area (TPSA) is 101 Å². The zero-order valence-corrected chi connectivity index (χ0v) is 10.5. The zero-order chi connectivity index (χ0) is 13.8. The number of nitrogen functional groups attached to an aromatic ring is 1. The average Bonchev–Trinajstić information content (AvgIpc) is 2.79. The Morgan fingerprint density at radius 2 is 2.11 bits per heavy atom. The summed E-state index contributed by atoms with van der Waals surface area (Å²) in [5, 5.41) is 15.2. The Balaban J connectivity index is 2.32. The van der Waals surface area contributed by atoms with Crippen LogP contribution in [0.4, 0.5) is 5.82 Å². The van der Waals surface area contributed by atoms with E-state index >= 15 is 0 Å². The van der Waals surface area contributed by atoms with Gasteiger partial charge in [0.1, 0.15) is 5.75 Å². The smallest absolute Gasteiger partial charge is 0.354 e. The highest BCUT2D eigenvalue weighted by Crippen LogP contribution is 2.29. The Morgan fingerprint density at radius 1 is 1.42 bits per heavy atom. The highest BCUT2D eigenvalue weighted by Gasteiger charge is 2.18. The van der Waals surface area contributed by atoms with Gasteiger partial charge in [-0.2, -0.15) is 5.10 Å². The molecule has 0 aliphatic heterocycles. The summed E-state index contributed by atoms with van der Waals surface area (Å²) in [6.45, 7) is 2.67. The Bertz CT molecular complexity index is 575. The molecule has 6 nitrogen and oxygen atoms in total. The van der Waals surface area contributed by atoms with Crippen LogP contribution >= 0.6 is 0 Å². The van der Waals surface area contributed by atoms with Gasteiger partial charge in [0.05, 0.1) is 12.2 Å². The highest BCUT2D eigenvalue weighted by atomic mass is 16.5. The van der Waals surface area contributed by atoms with Crippen molar-refractivity contribution in [2.75, 3.05) is 12.3 Å². The molecular formula is C13H15N3O3. The lowest BCUT2D eigenvalue weighted by atomic mass is 10.1. The molecule has 0 atom stereocenters. The molecule has 0 aliphatic rings. The van der Waals surface area contributed by atoms with E-state index in [9.17, 15) is 4.79 Å². The number of aromatic amines is 1. The van der Waals surface area contributed by atoms with Gasteiger partial charge in [0, 0.05) is 0 Å². The Kier molecular flexibility index (Phi) is 3.70. The monoisotopic (exact) mass is 261 g/mol. The number of anilines is 1. The maximum absolute atomic E-state index is 11.1. The molecule has 0 fully saturated rings. The quantitative estimate of drug-likeness (QED) is 0.765. The number of carbonyl (C=O) groups is 1. The maximum Gasteiger partial charge on any atom is 0.354 e. The van der Waals surface area contributed by atoms with Crippen molar-refractivity contribution in [1.82, 2.24) is 10.2 Å². The largest absolute Gasteiger partial charge is 0.494 e. The first kappa shape index (κ1) is 12.9. The molecule has 0 saturated heterocycles. The fourth-order valence-electron chi connectivity index (χ4n) is 1.74. The van der Waals surface area contributed by atoms with Crippen molar-refractivity contribution in [3.05, 3.63) is 30.0 Å². The Hall–Kier alpha value is -2.50. The summed E-state index contributed by atoms with van der Waals surface area (Å²) in [4.78, 5) is 11.1. The van der Waals surface area contributed by atoms with E-state index in [0.29, 0.717) is 17.7 Å². The van der Waals surface area contributed by atoms with E-state index in [2.05, 4.69) is 10.2 Å². The molecule has 1 aromatic heterocycles. The van der Waals surface area contributed by atoms with Gasteiger partial charge >= 0.3 is 5.97 Å². The molecule has 100 valence electrons. The van der Waals surface area contributed by atoms with Crippen LogP contribution in [0.25, 0.3) is 11.1 Å². The number of carboxylic acid groups (broad SMARTS) is 1. The SMILES string of the molecule is CCCOc1ccc(-c2c(N)n[nH]c2C(=O)O)cc1. The zero-order valence-electron chi connectivity index (χ0n) is 10.5. The van der Waals surface area contributed by atoms with E-state index in [0.717, 1.165) is 12.2 Å². The number of ether oxygens (including phenoxy) is 1. The van der Waals surface area contributed by atoms with Crippen LogP contribution in [0.1, 0.15) is 23.8 Å². The minimum Gasteiger partial charge on any atom is -0.494 e. The van der Waals surface area contributed by atoms with Gasteiger partial charge in [-0.15, -0.1) is 0 Å². The molecule has 2 aromatic rings. The molecule has 1 heterocycles. The standard InChI is InChI=1S/C13H15N3O3/c1-2-7-19-9-5-3-8(4-6-9)10-11(13(17)18)15-16-12(10)14/h3-6H,2,7H2,1H3,(H,17,18)(H3,14,15,16). The van der Waals surface area contributed by atoms with Crippen molar-refractivity contribution in [3.63, 3.8) is 0 Å². The van der Waals surface area contributed by atoms with Crippen LogP contribution in [-0.2, 0) is 0 Å². The summed E-state index contributed by atoms with van der Waals surface area (Å²) >= 11 is 0. The number of nitrogens with zero attached hydrogens (tertiary/aromatic N) is 1. The minimum atomic E-state index is -1.09. The number of aromatic nitrogens is 2.